The Hall–Kier alpha value is -2.15. The molecule has 0 unspecified atom stereocenters. The number of nitrogens with zero attached hydrogens (tertiary/aromatic N) is 2. The zero-order chi connectivity index (χ0) is 15.1. The smallest absolute Gasteiger partial charge is 0.292 e. The van der Waals surface area contributed by atoms with Crippen molar-refractivity contribution in [2.45, 2.75) is 19.8 Å². The van der Waals surface area contributed by atoms with E-state index < -0.39 is 4.92 Å². The molecule has 0 aromatic heterocycles. The van der Waals surface area contributed by atoms with Crippen LogP contribution in [0, 0.1) is 10.1 Å². The molecule has 0 radical (unpaired) electrons. The van der Waals surface area contributed by atoms with Crippen molar-refractivity contribution in [1.82, 2.24) is 4.90 Å². The first-order valence-electron chi connectivity index (χ1n) is 6.45. The van der Waals surface area contributed by atoms with Crippen molar-refractivity contribution < 1.29 is 14.8 Å². The number of carbonyl (C=O) groups is 1. The molecule has 0 aliphatic heterocycles. The van der Waals surface area contributed by atoms with Gasteiger partial charge in [-0.25, -0.2) is 0 Å². The van der Waals surface area contributed by atoms with Gasteiger partial charge < -0.3 is 15.7 Å². The molecule has 0 spiro atoms. The van der Waals surface area contributed by atoms with E-state index in [0.717, 1.165) is 12.8 Å². The topological polar surface area (TPSA) is 110 Å². The molecule has 0 heterocycles. The third kappa shape index (κ3) is 3.92. The molecule has 0 saturated carbocycles. The second-order valence-electron chi connectivity index (χ2n) is 4.40. The Balaban J connectivity index is 2.99. The highest BCUT2D eigenvalue weighted by molar-refractivity contribution is 5.95. The number of amides is 1. The van der Waals surface area contributed by atoms with Crippen LogP contribution in [0.25, 0.3) is 0 Å². The molecule has 7 nitrogen and oxygen atoms in total. The normalized spacial score (nSPS) is 10.3. The summed E-state index contributed by atoms with van der Waals surface area (Å²) in [5, 5.41) is 19.8. The Morgan fingerprint density at radius 3 is 2.70 bits per heavy atom. The number of nitro benzene ring substituents is 1. The van der Waals surface area contributed by atoms with E-state index >= 15 is 0 Å². The van der Waals surface area contributed by atoms with Crippen LogP contribution in [0.15, 0.2) is 18.2 Å². The van der Waals surface area contributed by atoms with E-state index in [1.165, 1.54) is 23.1 Å². The zero-order valence-electron chi connectivity index (χ0n) is 11.4. The summed E-state index contributed by atoms with van der Waals surface area (Å²) < 4.78 is 0. The number of nitrogen functional groups attached to an aromatic ring is 1. The van der Waals surface area contributed by atoms with Gasteiger partial charge in [-0.05, 0) is 18.6 Å². The molecular formula is C13H19N3O4. The van der Waals surface area contributed by atoms with Gasteiger partial charge in [0.25, 0.3) is 11.6 Å². The highest BCUT2D eigenvalue weighted by Gasteiger charge is 2.19. The van der Waals surface area contributed by atoms with Crippen LogP contribution in [-0.4, -0.2) is 40.5 Å². The number of carbonyl (C=O) groups excluding carboxylic acids is 1. The van der Waals surface area contributed by atoms with Crippen molar-refractivity contribution in [3.05, 3.63) is 33.9 Å². The number of nitro groups is 1. The SMILES string of the molecule is CCCCN(CCO)C(=O)c1ccc(N)c([N+](=O)[O-])c1. The Kier molecular flexibility index (Phi) is 5.92. The largest absolute Gasteiger partial charge is 0.395 e. The fraction of sp³-hybridized carbons (Fsp3) is 0.462. The lowest BCUT2D eigenvalue weighted by Crippen LogP contribution is -2.34. The van der Waals surface area contributed by atoms with Crippen molar-refractivity contribution in [1.29, 1.82) is 0 Å². The summed E-state index contributed by atoms with van der Waals surface area (Å²) in [5.74, 6) is -0.337. The Bertz CT molecular complexity index is 491. The quantitative estimate of drug-likeness (QED) is 0.446. The summed E-state index contributed by atoms with van der Waals surface area (Å²) in [6.07, 6.45) is 1.72. The number of unbranched alkanes of at least 4 members (excludes halogenated alkanes) is 1. The van der Waals surface area contributed by atoms with Gasteiger partial charge >= 0.3 is 0 Å². The summed E-state index contributed by atoms with van der Waals surface area (Å²) in [6, 6.07) is 3.98. The number of hydrogen-bond donors (Lipinski definition) is 2. The van der Waals surface area contributed by atoms with Crippen LogP contribution in [0.4, 0.5) is 11.4 Å². The van der Waals surface area contributed by atoms with Crippen LogP contribution in [0.2, 0.25) is 0 Å². The molecule has 7 heteroatoms. The molecule has 3 N–H and O–H groups in total. The van der Waals surface area contributed by atoms with E-state index in [-0.39, 0.29) is 36.0 Å². The van der Waals surface area contributed by atoms with Crippen LogP contribution in [0.3, 0.4) is 0 Å². The lowest BCUT2D eigenvalue weighted by Gasteiger charge is -2.21. The summed E-state index contributed by atoms with van der Waals surface area (Å²) in [6.45, 7) is 2.56. The van der Waals surface area contributed by atoms with Gasteiger partial charge in [-0.2, -0.15) is 0 Å². The Labute approximate surface area is 117 Å². The van der Waals surface area contributed by atoms with Gasteiger partial charge in [-0.3, -0.25) is 14.9 Å². The number of hydrogen-bond acceptors (Lipinski definition) is 5. The number of aliphatic hydroxyl groups excluding tert-OH is 1. The van der Waals surface area contributed by atoms with E-state index in [0.29, 0.717) is 6.54 Å². The molecule has 1 aromatic rings. The molecule has 0 saturated heterocycles. The summed E-state index contributed by atoms with van der Waals surface area (Å²) in [4.78, 5) is 24.0. The van der Waals surface area contributed by atoms with E-state index in [1.54, 1.807) is 0 Å². The second kappa shape index (κ2) is 7.44. The van der Waals surface area contributed by atoms with Crippen molar-refractivity contribution >= 4 is 17.3 Å². The summed E-state index contributed by atoms with van der Waals surface area (Å²) in [7, 11) is 0. The molecule has 0 bridgehead atoms. The second-order valence-corrected chi connectivity index (χ2v) is 4.40. The number of aliphatic hydroxyl groups is 1. The van der Waals surface area contributed by atoms with Crippen LogP contribution >= 0.6 is 0 Å². The molecule has 0 aliphatic rings. The minimum Gasteiger partial charge on any atom is -0.395 e. The Morgan fingerprint density at radius 2 is 2.15 bits per heavy atom. The van der Waals surface area contributed by atoms with E-state index in [1.807, 2.05) is 6.92 Å². The van der Waals surface area contributed by atoms with Gasteiger partial charge in [0.2, 0.25) is 0 Å². The standard InChI is InChI=1S/C13H19N3O4/c1-2-3-6-15(7-8-17)13(18)10-4-5-11(14)12(9-10)16(19)20/h4-5,9,17H,2-3,6-8,14H2,1H3. The maximum absolute atomic E-state index is 12.3. The number of benzene rings is 1. The molecule has 0 atom stereocenters. The molecule has 0 aliphatic carbocycles. The molecule has 1 amide bonds. The van der Waals surface area contributed by atoms with Gasteiger partial charge in [0, 0.05) is 24.7 Å². The van der Waals surface area contributed by atoms with E-state index in [2.05, 4.69) is 0 Å². The monoisotopic (exact) mass is 281 g/mol. The van der Waals surface area contributed by atoms with Crippen LogP contribution in [0.1, 0.15) is 30.1 Å². The number of nitrogens with two attached hydrogens (primary N) is 1. The first-order chi connectivity index (χ1) is 9.51. The predicted molar refractivity (Wildman–Crippen MR) is 75.4 cm³/mol. The van der Waals surface area contributed by atoms with Crippen molar-refractivity contribution in [3.8, 4) is 0 Å². The minimum absolute atomic E-state index is 0.0221. The van der Waals surface area contributed by atoms with Crippen LogP contribution in [-0.2, 0) is 0 Å². The highest BCUT2D eigenvalue weighted by Crippen LogP contribution is 2.23. The zero-order valence-corrected chi connectivity index (χ0v) is 11.4. The van der Waals surface area contributed by atoms with E-state index in [9.17, 15) is 14.9 Å². The maximum atomic E-state index is 12.3. The lowest BCUT2D eigenvalue weighted by molar-refractivity contribution is -0.383. The number of anilines is 1. The molecule has 0 fully saturated rings. The van der Waals surface area contributed by atoms with Crippen LogP contribution < -0.4 is 5.73 Å². The maximum Gasteiger partial charge on any atom is 0.292 e. The number of rotatable bonds is 7. The molecule has 1 aromatic carbocycles. The first-order valence-corrected chi connectivity index (χ1v) is 6.45. The lowest BCUT2D eigenvalue weighted by atomic mass is 10.1. The summed E-state index contributed by atoms with van der Waals surface area (Å²) in [5.41, 5.74) is 5.44. The average Bonchev–Trinajstić information content (AvgIpc) is 2.43. The molecule has 110 valence electrons. The minimum atomic E-state index is -0.617. The van der Waals surface area contributed by atoms with Gasteiger partial charge in [0.15, 0.2) is 0 Å². The molecule has 1 rings (SSSR count). The summed E-state index contributed by atoms with van der Waals surface area (Å²) >= 11 is 0. The van der Waals surface area contributed by atoms with Crippen molar-refractivity contribution in [2.75, 3.05) is 25.4 Å². The Morgan fingerprint density at radius 1 is 1.45 bits per heavy atom. The molecular weight excluding hydrogens is 262 g/mol. The van der Waals surface area contributed by atoms with Gasteiger partial charge in [-0.1, -0.05) is 13.3 Å². The third-order valence-corrected chi connectivity index (χ3v) is 2.91. The first kappa shape index (κ1) is 15.9. The predicted octanol–water partition coefficient (Wildman–Crippen LogP) is 1.41. The third-order valence-electron chi connectivity index (χ3n) is 2.91. The van der Waals surface area contributed by atoms with Gasteiger partial charge in [0.05, 0.1) is 11.5 Å². The highest BCUT2D eigenvalue weighted by atomic mass is 16.6. The van der Waals surface area contributed by atoms with Crippen LogP contribution in [0.5, 0.6) is 0 Å². The molecule has 20 heavy (non-hydrogen) atoms. The van der Waals surface area contributed by atoms with Gasteiger partial charge in [0.1, 0.15) is 5.69 Å². The average molecular weight is 281 g/mol. The van der Waals surface area contributed by atoms with Crippen molar-refractivity contribution in [2.24, 2.45) is 0 Å². The van der Waals surface area contributed by atoms with E-state index in [4.69, 9.17) is 10.8 Å². The van der Waals surface area contributed by atoms with Gasteiger partial charge in [-0.15, -0.1) is 0 Å². The fourth-order valence-corrected chi connectivity index (χ4v) is 1.80. The fourth-order valence-electron chi connectivity index (χ4n) is 1.80. The van der Waals surface area contributed by atoms with Crippen molar-refractivity contribution in [3.63, 3.8) is 0 Å².